The maximum absolute atomic E-state index is 13.2. The first kappa shape index (κ1) is 20.1. The van der Waals surface area contributed by atoms with Gasteiger partial charge in [0.25, 0.3) is 0 Å². The van der Waals surface area contributed by atoms with Crippen LogP contribution >= 0.6 is 11.6 Å². The highest BCUT2D eigenvalue weighted by atomic mass is 35.5. The zero-order chi connectivity index (χ0) is 20.3. The van der Waals surface area contributed by atoms with E-state index in [1.807, 2.05) is 0 Å². The number of alkyl halides is 1. The highest BCUT2D eigenvalue weighted by Gasteiger charge is 2.32. The second-order valence-corrected chi connectivity index (χ2v) is 7.66. The van der Waals surface area contributed by atoms with E-state index in [0.29, 0.717) is 16.5 Å². The fourth-order valence-corrected chi connectivity index (χ4v) is 3.04. The fourth-order valence-electron chi connectivity index (χ4n) is 2.93. The first-order chi connectivity index (χ1) is 13.3. The summed E-state index contributed by atoms with van der Waals surface area (Å²) in [5.74, 6) is -0.407. The van der Waals surface area contributed by atoms with Crippen molar-refractivity contribution in [2.24, 2.45) is 5.41 Å². The molecule has 0 fully saturated rings. The summed E-state index contributed by atoms with van der Waals surface area (Å²) in [6, 6.07) is 12.9. The number of amides is 1. The summed E-state index contributed by atoms with van der Waals surface area (Å²) in [4.78, 5) is 27.5. The number of hydrogen-bond acceptors (Lipinski definition) is 3. The fraction of sp³-hybridized carbons (Fsp3) is 0.273. The van der Waals surface area contributed by atoms with Crippen molar-refractivity contribution in [3.63, 3.8) is 0 Å². The van der Waals surface area contributed by atoms with Crippen LogP contribution in [0, 0.1) is 11.2 Å². The van der Waals surface area contributed by atoms with Gasteiger partial charge in [-0.2, -0.15) is 0 Å². The molecule has 0 unspecified atom stereocenters. The Bertz CT molecular complexity index is 1040. The van der Waals surface area contributed by atoms with Crippen LogP contribution in [0.3, 0.4) is 0 Å². The molecular formula is C22H21ClFNO3. The number of fused-ring (bicyclic) bond motifs is 1. The third-order valence-electron chi connectivity index (χ3n) is 4.60. The van der Waals surface area contributed by atoms with Crippen molar-refractivity contribution < 1.29 is 13.6 Å². The van der Waals surface area contributed by atoms with Crippen LogP contribution in [0.25, 0.3) is 11.0 Å². The lowest BCUT2D eigenvalue weighted by atomic mass is 9.93. The Morgan fingerprint density at radius 1 is 1.11 bits per heavy atom. The Morgan fingerprint density at radius 2 is 1.79 bits per heavy atom. The first-order valence-electron chi connectivity index (χ1n) is 8.91. The molecule has 1 amide bonds. The van der Waals surface area contributed by atoms with Crippen molar-refractivity contribution in [3.05, 3.63) is 82.0 Å². The topological polar surface area (TPSA) is 50.5 Å². The third kappa shape index (κ3) is 4.25. The number of carbonyl (C=O) groups excluding carboxylic acids is 1. The molecule has 1 heterocycles. The standard InChI is InChI=1S/C22H21ClFNO3/c1-22(2,14-23)21(27)25(11-15-7-9-17(24)10-8-15)12-16-13-28-19-6-4-3-5-18(19)20(16)26/h3-10,13H,11-12,14H2,1-2H3. The predicted octanol–water partition coefficient (Wildman–Crippen LogP) is 4.73. The minimum atomic E-state index is -0.807. The zero-order valence-corrected chi connectivity index (χ0v) is 16.5. The van der Waals surface area contributed by atoms with E-state index < -0.39 is 5.41 Å². The van der Waals surface area contributed by atoms with Gasteiger partial charge in [0.2, 0.25) is 5.91 Å². The Morgan fingerprint density at radius 3 is 2.46 bits per heavy atom. The molecule has 4 nitrogen and oxygen atoms in total. The second kappa shape index (κ2) is 8.15. The van der Waals surface area contributed by atoms with Crippen molar-refractivity contribution in [1.29, 1.82) is 0 Å². The summed E-state index contributed by atoms with van der Waals surface area (Å²) >= 11 is 5.99. The third-order valence-corrected chi connectivity index (χ3v) is 5.27. The van der Waals surface area contributed by atoms with Crippen LogP contribution < -0.4 is 5.43 Å². The summed E-state index contributed by atoms with van der Waals surface area (Å²) in [6.07, 6.45) is 1.39. The highest BCUT2D eigenvalue weighted by molar-refractivity contribution is 6.19. The number of rotatable bonds is 6. The van der Waals surface area contributed by atoms with Gasteiger partial charge in [0, 0.05) is 12.4 Å². The maximum Gasteiger partial charge on any atom is 0.230 e. The van der Waals surface area contributed by atoms with Crippen LogP contribution in [-0.2, 0) is 17.9 Å². The van der Waals surface area contributed by atoms with E-state index in [1.54, 1.807) is 55.1 Å². The summed E-state index contributed by atoms with van der Waals surface area (Å²) in [5, 5.41) is 0.464. The lowest BCUT2D eigenvalue weighted by Crippen LogP contribution is -2.42. The van der Waals surface area contributed by atoms with Crippen molar-refractivity contribution in [3.8, 4) is 0 Å². The van der Waals surface area contributed by atoms with Gasteiger partial charge in [-0.1, -0.05) is 24.3 Å². The largest absolute Gasteiger partial charge is 0.464 e. The van der Waals surface area contributed by atoms with Crippen molar-refractivity contribution in [1.82, 2.24) is 4.90 Å². The van der Waals surface area contributed by atoms with Crippen LogP contribution in [0.2, 0.25) is 0 Å². The van der Waals surface area contributed by atoms with E-state index >= 15 is 0 Å². The summed E-state index contributed by atoms with van der Waals surface area (Å²) in [6.45, 7) is 3.81. The number of benzene rings is 2. The molecule has 6 heteroatoms. The summed E-state index contributed by atoms with van der Waals surface area (Å²) in [7, 11) is 0. The van der Waals surface area contributed by atoms with Gasteiger partial charge in [0.05, 0.1) is 29.2 Å². The minimum Gasteiger partial charge on any atom is -0.464 e. The van der Waals surface area contributed by atoms with Gasteiger partial charge in [-0.05, 0) is 43.7 Å². The molecule has 0 aliphatic rings. The zero-order valence-electron chi connectivity index (χ0n) is 15.7. The highest BCUT2D eigenvalue weighted by Crippen LogP contribution is 2.24. The van der Waals surface area contributed by atoms with Gasteiger partial charge in [0.1, 0.15) is 11.4 Å². The molecule has 1 aromatic heterocycles. The SMILES string of the molecule is CC(C)(CCl)C(=O)N(Cc1ccc(F)cc1)Cc1coc2ccccc2c1=O. The van der Waals surface area contributed by atoms with Crippen LogP contribution in [0.1, 0.15) is 25.0 Å². The molecule has 28 heavy (non-hydrogen) atoms. The van der Waals surface area contributed by atoms with Gasteiger partial charge in [-0.3, -0.25) is 9.59 Å². The van der Waals surface area contributed by atoms with E-state index in [0.717, 1.165) is 5.56 Å². The van der Waals surface area contributed by atoms with Crippen molar-refractivity contribution >= 4 is 28.5 Å². The van der Waals surface area contributed by atoms with Gasteiger partial charge in [-0.15, -0.1) is 11.6 Å². The van der Waals surface area contributed by atoms with Gasteiger partial charge in [-0.25, -0.2) is 4.39 Å². The minimum absolute atomic E-state index is 0.0731. The molecule has 0 aliphatic carbocycles. The lowest BCUT2D eigenvalue weighted by Gasteiger charge is -2.30. The van der Waals surface area contributed by atoms with Crippen LogP contribution in [-0.4, -0.2) is 16.7 Å². The number of para-hydroxylation sites is 1. The number of nitrogens with zero attached hydrogens (tertiary/aromatic N) is 1. The Hall–Kier alpha value is -2.66. The van der Waals surface area contributed by atoms with Crippen molar-refractivity contribution in [2.75, 3.05) is 5.88 Å². The van der Waals surface area contributed by atoms with E-state index in [2.05, 4.69) is 0 Å². The Balaban J connectivity index is 1.97. The number of carbonyl (C=O) groups is 1. The molecule has 0 aliphatic heterocycles. The quantitative estimate of drug-likeness (QED) is 0.561. The van der Waals surface area contributed by atoms with Gasteiger partial charge in [0.15, 0.2) is 5.43 Å². The van der Waals surface area contributed by atoms with Gasteiger partial charge >= 0.3 is 0 Å². The monoisotopic (exact) mass is 401 g/mol. The molecule has 0 radical (unpaired) electrons. The Labute approximate surface area is 167 Å². The molecule has 3 rings (SSSR count). The number of hydrogen-bond donors (Lipinski definition) is 0. The predicted molar refractivity (Wildman–Crippen MR) is 108 cm³/mol. The van der Waals surface area contributed by atoms with E-state index in [4.69, 9.17) is 16.0 Å². The lowest BCUT2D eigenvalue weighted by molar-refractivity contribution is -0.140. The maximum atomic E-state index is 13.2. The first-order valence-corrected chi connectivity index (χ1v) is 9.44. The molecule has 0 saturated carbocycles. The smallest absolute Gasteiger partial charge is 0.230 e. The molecule has 3 aromatic rings. The normalized spacial score (nSPS) is 11.6. The molecule has 0 saturated heterocycles. The van der Waals surface area contributed by atoms with Gasteiger partial charge < -0.3 is 9.32 Å². The second-order valence-electron chi connectivity index (χ2n) is 7.39. The average molecular weight is 402 g/mol. The molecule has 2 aromatic carbocycles. The molecule has 0 N–H and O–H groups in total. The van der Waals surface area contributed by atoms with Crippen LogP contribution in [0.15, 0.2) is 64.0 Å². The number of halogens is 2. The summed E-state index contributed by atoms with van der Waals surface area (Å²) in [5.41, 5.74) is 0.638. The summed E-state index contributed by atoms with van der Waals surface area (Å²) < 4.78 is 18.8. The average Bonchev–Trinajstić information content (AvgIpc) is 2.70. The van der Waals surface area contributed by atoms with Crippen molar-refractivity contribution in [2.45, 2.75) is 26.9 Å². The molecule has 0 spiro atoms. The Kier molecular flexibility index (Phi) is 5.84. The van der Waals surface area contributed by atoms with E-state index in [-0.39, 0.29) is 36.1 Å². The molecular weight excluding hydrogens is 381 g/mol. The van der Waals surface area contributed by atoms with E-state index in [9.17, 15) is 14.0 Å². The molecule has 0 atom stereocenters. The van der Waals surface area contributed by atoms with E-state index in [1.165, 1.54) is 18.4 Å². The molecule has 0 bridgehead atoms. The van der Waals surface area contributed by atoms with Crippen LogP contribution in [0.4, 0.5) is 4.39 Å². The van der Waals surface area contributed by atoms with Crippen LogP contribution in [0.5, 0.6) is 0 Å². The molecule has 146 valence electrons.